The predicted octanol–water partition coefficient (Wildman–Crippen LogP) is 2.27. The Balaban J connectivity index is 2.28. The van der Waals surface area contributed by atoms with Crippen molar-refractivity contribution in [3.63, 3.8) is 0 Å². The second-order valence-corrected chi connectivity index (χ2v) is 4.04. The summed E-state index contributed by atoms with van der Waals surface area (Å²) in [6.07, 6.45) is 2.45. The molecule has 1 aromatic carbocycles. The van der Waals surface area contributed by atoms with Crippen LogP contribution in [0.4, 0.5) is 10.1 Å². The van der Waals surface area contributed by atoms with E-state index in [1.165, 1.54) is 18.9 Å². The summed E-state index contributed by atoms with van der Waals surface area (Å²) in [5, 5.41) is 0. The number of hydrogen-bond donors (Lipinski definition) is 1. The molecule has 1 aliphatic carbocycles. The molecule has 0 radical (unpaired) electrons. The number of rotatable bonds is 4. The minimum atomic E-state index is -0.188. The summed E-state index contributed by atoms with van der Waals surface area (Å²) in [6, 6.07) is 5.71. The molecule has 82 valence electrons. The Kier molecular flexibility index (Phi) is 2.91. The fraction of sp³-hybridized carbons (Fsp3) is 0.500. The quantitative estimate of drug-likeness (QED) is 0.822. The van der Waals surface area contributed by atoms with Crippen molar-refractivity contribution in [1.82, 2.24) is 0 Å². The lowest BCUT2D eigenvalue weighted by Gasteiger charge is -2.23. The van der Waals surface area contributed by atoms with Crippen LogP contribution < -0.4 is 10.6 Å². The van der Waals surface area contributed by atoms with Gasteiger partial charge in [0.05, 0.1) is 0 Å². The molecule has 0 amide bonds. The Morgan fingerprint density at radius 1 is 1.40 bits per heavy atom. The van der Waals surface area contributed by atoms with Crippen molar-refractivity contribution in [2.45, 2.75) is 32.4 Å². The van der Waals surface area contributed by atoms with Crippen LogP contribution in [0.25, 0.3) is 0 Å². The van der Waals surface area contributed by atoms with Crippen LogP contribution in [0.1, 0.15) is 25.3 Å². The van der Waals surface area contributed by atoms with Gasteiger partial charge in [0.15, 0.2) is 0 Å². The summed E-state index contributed by atoms with van der Waals surface area (Å²) in [7, 11) is 0. The number of benzene rings is 1. The highest BCUT2D eigenvalue weighted by atomic mass is 19.1. The van der Waals surface area contributed by atoms with Crippen LogP contribution in [0.2, 0.25) is 0 Å². The van der Waals surface area contributed by atoms with Gasteiger partial charge in [0.1, 0.15) is 5.82 Å². The average molecular weight is 208 g/mol. The van der Waals surface area contributed by atoms with E-state index >= 15 is 0 Å². The third-order valence-electron chi connectivity index (χ3n) is 2.84. The largest absolute Gasteiger partial charge is 0.369 e. The highest BCUT2D eigenvalue weighted by molar-refractivity contribution is 5.51. The summed E-state index contributed by atoms with van der Waals surface area (Å²) in [5.41, 5.74) is 7.37. The molecular weight excluding hydrogens is 191 g/mol. The molecule has 1 fully saturated rings. The fourth-order valence-electron chi connectivity index (χ4n) is 1.95. The number of hydrogen-bond acceptors (Lipinski definition) is 2. The molecule has 0 aliphatic heterocycles. The van der Waals surface area contributed by atoms with Crippen molar-refractivity contribution in [3.05, 3.63) is 29.6 Å². The van der Waals surface area contributed by atoms with Crippen LogP contribution >= 0.6 is 0 Å². The molecule has 0 atom stereocenters. The third-order valence-corrected chi connectivity index (χ3v) is 2.84. The molecule has 0 spiro atoms. The molecule has 0 bridgehead atoms. The maximum absolute atomic E-state index is 13.3. The second kappa shape index (κ2) is 4.19. The first-order valence-electron chi connectivity index (χ1n) is 5.50. The topological polar surface area (TPSA) is 29.3 Å². The first-order chi connectivity index (χ1) is 7.24. The van der Waals surface area contributed by atoms with E-state index in [0.29, 0.717) is 12.6 Å². The number of nitrogens with two attached hydrogens (primary N) is 1. The molecule has 1 aliphatic rings. The van der Waals surface area contributed by atoms with E-state index in [9.17, 15) is 4.39 Å². The highest BCUT2D eigenvalue weighted by Gasteiger charge is 2.28. The van der Waals surface area contributed by atoms with E-state index in [4.69, 9.17) is 5.73 Å². The Bertz CT molecular complexity index is 347. The van der Waals surface area contributed by atoms with E-state index in [-0.39, 0.29) is 5.82 Å². The Hall–Kier alpha value is -1.09. The normalized spacial score (nSPS) is 15.4. The smallest absolute Gasteiger partial charge is 0.125 e. The standard InChI is InChI=1S/C12H17FN2/c1-2-15(11-3-4-11)12-6-9(8-14)5-10(13)7-12/h5-7,11H,2-4,8,14H2,1H3. The van der Waals surface area contributed by atoms with E-state index in [2.05, 4.69) is 11.8 Å². The zero-order valence-corrected chi connectivity index (χ0v) is 9.04. The van der Waals surface area contributed by atoms with E-state index in [1.807, 2.05) is 6.07 Å². The Morgan fingerprint density at radius 3 is 2.67 bits per heavy atom. The van der Waals surface area contributed by atoms with Crippen LogP contribution in [0.5, 0.6) is 0 Å². The number of halogens is 1. The monoisotopic (exact) mass is 208 g/mol. The van der Waals surface area contributed by atoms with Crippen LogP contribution in [-0.2, 0) is 6.54 Å². The molecule has 0 unspecified atom stereocenters. The van der Waals surface area contributed by atoms with E-state index in [1.54, 1.807) is 6.07 Å². The molecule has 0 saturated heterocycles. The van der Waals surface area contributed by atoms with Gasteiger partial charge in [-0.25, -0.2) is 4.39 Å². The Labute approximate surface area is 89.9 Å². The molecule has 0 aromatic heterocycles. The minimum absolute atomic E-state index is 0.188. The summed E-state index contributed by atoms with van der Waals surface area (Å²) >= 11 is 0. The van der Waals surface area contributed by atoms with Gasteiger partial charge < -0.3 is 10.6 Å². The van der Waals surface area contributed by atoms with Gasteiger partial charge in [-0.1, -0.05) is 0 Å². The van der Waals surface area contributed by atoms with Gasteiger partial charge in [-0.15, -0.1) is 0 Å². The first-order valence-corrected chi connectivity index (χ1v) is 5.50. The van der Waals surface area contributed by atoms with Gasteiger partial charge in [-0.3, -0.25) is 0 Å². The number of nitrogens with zero attached hydrogens (tertiary/aromatic N) is 1. The maximum atomic E-state index is 13.3. The SMILES string of the molecule is CCN(c1cc(F)cc(CN)c1)C1CC1. The van der Waals surface area contributed by atoms with Crippen molar-refractivity contribution < 1.29 is 4.39 Å². The van der Waals surface area contributed by atoms with E-state index < -0.39 is 0 Å². The fourth-order valence-corrected chi connectivity index (χ4v) is 1.95. The molecule has 15 heavy (non-hydrogen) atoms. The lowest BCUT2D eigenvalue weighted by atomic mass is 10.1. The molecule has 0 heterocycles. The predicted molar refractivity (Wildman–Crippen MR) is 60.3 cm³/mol. The third kappa shape index (κ3) is 2.29. The molecule has 2 nitrogen and oxygen atoms in total. The van der Waals surface area contributed by atoms with Gasteiger partial charge in [0.25, 0.3) is 0 Å². The van der Waals surface area contributed by atoms with Crippen LogP contribution in [-0.4, -0.2) is 12.6 Å². The molecule has 3 heteroatoms. The van der Waals surface area contributed by atoms with Crippen molar-refractivity contribution in [1.29, 1.82) is 0 Å². The van der Waals surface area contributed by atoms with Crippen molar-refractivity contribution in [2.24, 2.45) is 5.73 Å². The lowest BCUT2D eigenvalue weighted by molar-refractivity contribution is 0.624. The molecular formula is C12H17FN2. The van der Waals surface area contributed by atoms with Gasteiger partial charge in [0, 0.05) is 24.8 Å². The molecule has 2 rings (SSSR count). The van der Waals surface area contributed by atoms with Gasteiger partial charge >= 0.3 is 0 Å². The minimum Gasteiger partial charge on any atom is -0.369 e. The first kappa shape index (κ1) is 10.4. The highest BCUT2D eigenvalue weighted by Crippen LogP contribution is 2.32. The number of anilines is 1. The van der Waals surface area contributed by atoms with Gasteiger partial charge in [-0.05, 0) is 43.5 Å². The van der Waals surface area contributed by atoms with Crippen LogP contribution in [0.3, 0.4) is 0 Å². The summed E-state index contributed by atoms with van der Waals surface area (Å²) in [4.78, 5) is 2.25. The van der Waals surface area contributed by atoms with Crippen molar-refractivity contribution in [2.75, 3.05) is 11.4 Å². The molecule has 1 saturated carbocycles. The second-order valence-electron chi connectivity index (χ2n) is 4.04. The maximum Gasteiger partial charge on any atom is 0.125 e. The summed E-state index contributed by atoms with van der Waals surface area (Å²) in [6.45, 7) is 3.43. The zero-order valence-electron chi connectivity index (χ0n) is 9.04. The van der Waals surface area contributed by atoms with Crippen LogP contribution in [0.15, 0.2) is 18.2 Å². The van der Waals surface area contributed by atoms with Crippen LogP contribution in [0, 0.1) is 5.82 Å². The Morgan fingerprint density at radius 2 is 2.13 bits per heavy atom. The van der Waals surface area contributed by atoms with Gasteiger partial charge in [0.2, 0.25) is 0 Å². The van der Waals surface area contributed by atoms with Crippen molar-refractivity contribution >= 4 is 5.69 Å². The van der Waals surface area contributed by atoms with E-state index in [0.717, 1.165) is 17.8 Å². The lowest BCUT2D eigenvalue weighted by Crippen LogP contribution is -2.25. The van der Waals surface area contributed by atoms with Crippen molar-refractivity contribution in [3.8, 4) is 0 Å². The van der Waals surface area contributed by atoms with Gasteiger partial charge in [-0.2, -0.15) is 0 Å². The molecule has 2 N–H and O–H groups in total. The zero-order chi connectivity index (χ0) is 10.8. The average Bonchev–Trinajstić information content (AvgIpc) is 3.02. The summed E-state index contributed by atoms with van der Waals surface area (Å²) in [5.74, 6) is -0.188. The molecule has 1 aromatic rings. The summed E-state index contributed by atoms with van der Waals surface area (Å²) < 4.78 is 13.3.